The van der Waals surface area contributed by atoms with E-state index in [1.807, 2.05) is 5.97 Å². The van der Waals surface area contributed by atoms with Crippen LogP contribution in [0.5, 0.6) is 5.75 Å². The Labute approximate surface area is 159 Å². The fraction of sp³-hybridized carbons (Fsp3) is 0.526. The van der Waals surface area contributed by atoms with Crippen LogP contribution in [0, 0.1) is 23.0 Å². The first-order valence-corrected chi connectivity index (χ1v) is 9.02. The van der Waals surface area contributed by atoms with Gasteiger partial charge in [-0.25, -0.2) is 0 Å². The third kappa shape index (κ3) is 5.30. The van der Waals surface area contributed by atoms with E-state index in [1.54, 1.807) is 19.0 Å². The molecule has 2 fully saturated rings. The summed E-state index contributed by atoms with van der Waals surface area (Å²) in [5.41, 5.74) is -0.668. The van der Waals surface area contributed by atoms with Crippen molar-refractivity contribution in [2.75, 3.05) is 27.3 Å². The topological polar surface area (TPSA) is 85.6 Å². The Hall–Kier alpha value is -2.40. The van der Waals surface area contributed by atoms with Crippen LogP contribution in [0.2, 0.25) is 0 Å². The number of carbonyl (C=O) groups is 1. The monoisotopic (exact) mass is 373 g/mol. The Morgan fingerprint density at radius 3 is 2.74 bits per heavy atom. The molecule has 2 aliphatic rings. The van der Waals surface area contributed by atoms with Crippen LogP contribution in [0.1, 0.15) is 31.2 Å². The molecule has 3 rings (SSSR count). The maximum atomic E-state index is 14.5. The van der Waals surface area contributed by atoms with Gasteiger partial charge >= 0.3 is 140 Å². The number of hydrogen-bond donors (Lipinski definition) is 2. The van der Waals surface area contributed by atoms with Crippen molar-refractivity contribution in [1.82, 2.24) is 10.2 Å². The van der Waals surface area contributed by atoms with Gasteiger partial charge in [0, 0.05) is 0 Å². The van der Waals surface area contributed by atoms with Gasteiger partial charge in [0.2, 0.25) is 0 Å². The third-order valence-corrected chi connectivity index (χ3v) is 4.52. The van der Waals surface area contributed by atoms with Crippen LogP contribution in [0.15, 0.2) is 18.2 Å². The Morgan fingerprint density at radius 1 is 1.48 bits per heavy atom. The molecule has 27 heavy (non-hydrogen) atoms. The normalized spacial score (nSPS) is 23.8. The van der Waals surface area contributed by atoms with Gasteiger partial charge in [-0.15, -0.1) is 0 Å². The molecule has 1 aromatic rings. The number of benzene rings is 1. The Balaban J connectivity index is 0.000000789. The zero-order valence-electron chi connectivity index (χ0n) is 15.7. The van der Waals surface area contributed by atoms with Gasteiger partial charge in [0.25, 0.3) is 0 Å². The van der Waals surface area contributed by atoms with Gasteiger partial charge in [-0.3, -0.25) is 0 Å². The van der Waals surface area contributed by atoms with E-state index in [2.05, 4.69) is 5.32 Å². The number of nitrogens with zero attached hydrogens (tertiary/aromatic N) is 2. The average molecular weight is 373 g/mol. The number of nitriles is 1. The van der Waals surface area contributed by atoms with Gasteiger partial charge in [0.05, 0.1) is 0 Å². The molecule has 2 unspecified atom stereocenters. The molecule has 144 valence electrons. The minimum absolute atomic E-state index is 0.0351. The SMILES string of the molecule is C1CC1.CN(C)C(=BC#N)NC1(c2cc(O)ccc2F)COCCC1C=O. The molecule has 1 aliphatic carbocycles. The van der Waals surface area contributed by atoms with Crippen LogP contribution >= 0.6 is 0 Å². The number of hydrogen-bond acceptors (Lipinski definition) is 6. The molecule has 1 aromatic carbocycles. The number of halogens is 1. The summed E-state index contributed by atoms with van der Waals surface area (Å²) in [6.07, 6.45) is 5.66. The van der Waals surface area contributed by atoms with Crippen LogP contribution in [-0.2, 0) is 15.1 Å². The fourth-order valence-electron chi connectivity index (χ4n) is 2.88. The Kier molecular flexibility index (Phi) is 7.37. The van der Waals surface area contributed by atoms with E-state index in [4.69, 9.17) is 10.00 Å². The van der Waals surface area contributed by atoms with Crippen molar-refractivity contribution in [1.29, 1.82) is 5.26 Å². The first kappa shape index (κ1) is 20.9. The number of phenols is 1. The van der Waals surface area contributed by atoms with Gasteiger partial charge < -0.3 is 0 Å². The molecular formula is C19H25BFN3O3. The molecule has 1 aliphatic heterocycles. The molecule has 1 saturated carbocycles. The average Bonchev–Trinajstić information content (AvgIpc) is 3.52. The second-order valence-electron chi connectivity index (χ2n) is 6.96. The maximum absolute atomic E-state index is 14.5. The van der Waals surface area contributed by atoms with Gasteiger partial charge in [0.1, 0.15) is 0 Å². The van der Waals surface area contributed by atoms with Gasteiger partial charge in [-0.05, 0) is 0 Å². The number of rotatable bonds is 5. The van der Waals surface area contributed by atoms with Crippen LogP contribution in [0.4, 0.5) is 4.39 Å². The Morgan fingerprint density at radius 2 is 2.19 bits per heavy atom. The summed E-state index contributed by atoms with van der Waals surface area (Å²) >= 11 is 0. The van der Waals surface area contributed by atoms with Crippen molar-refractivity contribution in [3.8, 4) is 11.7 Å². The molecular weight excluding hydrogens is 348 g/mol. The molecule has 2 N–H and O–H groups in total. The number of aldehydes is 1. The minimum atomic E-state index is -1.21. The van der Waals surface area contributed by atoms with Crippen molar-refractivity contribution < 1.29 is 19.0 Å². The van der Waals surface area contributed by atoms with Crippen molar-refractivity contribution >= 4 is 18.9 Å². The number of phenolic OH excluding ortho intramolecular Hbond substituents is 1. The van der Waals surface area contributed by atoms with E-state index < -0.39 is 17.3 Å². The number of nitrogens with one attached hydrogen (secondary N) is 1. The summed E-state index contributed by atoms with van der Waals surface area (Å²) in [6.45, 7) is 1.69. The summed E-state index contributed by atoms with van der Waals surface area (Å²) < 4.78 is 20.1. The summed E-state index contributed by atoms with van der Waals surface area (Å²) in [5.74, 6) is 0.674. The molecule has 0 amide bonds. The van der Waals surface area contributed by atoms with E-state index in [-0.39, 0.29) is 17.9 Å². The summed E-state index contributed by atoms with van der Waals surface area (Å²) in [7, 11) is 3.45. The molecule has 1 heterocycles. The molecule has 0 aromatic heterocycles. The molecule has 0 bridgehead atoms. The van der Waals surface area contributed by atoms with E-state index in [1.165, 1.54) is 38.3 Å². The zero-order valence-corrected chi connectivity index (χ0v) is 15.7. The fourth-order valence-corrected chi connectivity index (χ4v) is 2.88. The number of ether oxygens (including phenoxy) is 1. The van der Waals surface area contributed by atoms with Gasteiger partial charge in [-0.1, -0.05) is 19.3 Å². The molecule has 8 heteroatoms. The number of carbonyl (C=O) groups excluding carboxylic acids is 1. The summed E-state index contributed by atoms with van der Waals surface area (Å²) in [6, 6.07) is 3.67. The molecule has 1 saturated heterocycles. The predicted molar refractivity (Wildman–Crippen MR) is 102 cm³/mol. The third-order valence-electron chi connectivity index (χ3n) is 4.52. The summed E-state index contributed by atoms with van der Waals surface area (Å²) in [4.78, 5) is 13.3. The van der Waals surface area contributed by atoms with Crippen LogP contribution in [-0.4, -0.2) is 56.2 Å². The number of aromatic hydroxyl groups is 1. The van der Waals surface area contributed by atoms with Crippen LogP contribution in [0.3, 0.4) is 0 Å². The molecule has 2 atom stereocenters. The van der Waals surface area contributed by atoms with Crippen molar-refractivity contribution in [3.63, 3.8) is 0 Å². The Bertz CT molecular complexity index is 731. The molecule has 0 spiro atoms. The van der Waals surface area contributed by atoms with Crippen LogP contribution < -0.4 is 5.32 Å². The zero-order chi connectivity index (χ0) is 19.9. The molecule has 6 nitrogen and oxygen atoms in total. The molecule has 0 radical (unpaired) electrons. The van der Waals surface area contributed by atoms with Gasteiger partial charge in [0.15, 0.2) is 0 Å². The second kappa shape index (κ2) is 9.51. The van der Waals surface area contributed by atoms with Gasteiger partial charge in [-0.2, -0.15) is 0 Å². The first-order chi connectivity index (χ1) is 12.9. The second-order valence-corrected chi connectivity index (χ2v) is 6.96. The van der Waals surface area contributed by atoms with Crippen molar-refractivity contribution in [2.24, 2.45) is 5.92 Å². The van der Waals surface area contributed by atoms with E-state index in [0.29, 0.717) is 18.7 Å². The van der Waals surface area contributed by atoms with Crippen LogP contribution in [0.25, 0.3) is 0 Å². The predicted octanol–water partition coefficient (Wildman–Crippen LogP) is 1.56. The van der Waals surface area contributed by atoms with Crippen molar-refractivity contribution in [2.45, 2.75) is 31.2 Å². The van der Waals surface area contributed by atoms with Crippen molar-refractivity contribution in [3.05, 3.63) is 29.6 Å². The quantitative estimate of drug-likeness (QED) is 0.602. The first-order valence-electron chi connectivity index (χ1n) is 9.02. The van der Waals surface area contributed by atoms with E-state index >= 15 is 0 Å². The van der Waals surface area contributed by atoms with E-state index in [0.717, 1.165) is 12.4 Å². The summed E-state index contributed by atoms with van der Waals surface area (Å²) in [5, 5.41) is 21.9. The standard InChI is InChI=1S/C16H19BFN3O3.C3H6/c1-21(2)15(17-10-19)20-16(9-24-6-5-11(16)8-22)13-7-12(23)3-4-14(13)18;1-2-3-1/h3-4,7-8,11,20,23H,5-6,9H2,1-2H3;1-3H2. The van der Waals surface area contributed by atoms with E-state index in [9.17, 15) is 14.3 Å².